The van der Waals surface area contributed by atoms with Gasteiger partial charge < -0.3 is 8.98 Å². The van der Waals surface area contributed by atoms with Gasteiger partial charge in [-0.15, -0.1) is 0 Å². The van der Waals surface area contributed by atoms with Crippen LogP contribution < -0.4 is 0 Å². The molecule has 0 saturated heterocycles. The van der Waals surface area contributed by atoms with Crippen LogP contribution in [-0.2, 0) is 0 Å². The van der Waals surface area contributed by atoms with Crippen molar-refractivity contribution >= 4 is 54.5 Å². The Balaban J connectivity index is 1.12. The Hall–Kier alpha value is -6.38. The summed E-state index contributed by atoms with van der Waals surface area (Å²) in [5, 5.41) is 7.33. The molecule has 0 aliphatic heterocycles. The highest BCUT2D eigenvalue weighted by Gasteiger charge is 2.23. The van der Waals surface area contributed by atoms with E-state index >= 15 is 0 Å². The lowest BCUT2D eigenvalue weighted by molar-refractivity contribution is 0.671. The summed E-state index contributed by atoms with van der Waals surface area (Å²) in [6, 6.07) is 59.5. The third kappa shape index (κ3) is 3.46. The Labute approximate surface area is 276 Å². The van der Waals surface area contributed by atoms with E-state index < -0.39 is 0 Å². The highest BCUT2D eigenvalue weighted by Crippen LogP contribution is 2.49. The maximum atomic E-state index is 6.59. The molecule has 0 amide bonds. The van der Waals surface area contributed by atoms with Crippen molar-refractivity contribution in [1.82, 2.24) is 4.57 Å². The zero-order valence-electron chi connectivity index (χ0n) is 25.9. The molecular weight excluding hydrogens is 583 g/mol. The van der Waals surface area contributed by atoms with Crippen molar-refractivity contribution < 1.29 is 4.42 Å². The molecule has 2 heteroatoms. The number of nitrogens with zero attached hydrogens (tertiary/aromatic N) is 1. The van der Waals surface area contributed by atoms with Gasteiger partial charge in [-0.05, 0) is 97.7 Å². The van der Waals surface area contributed by atoms with Crippen LogP contribution in [0.4, 0.5) is 0 Å². The molecule has 10 aromatic rings. The number of fused-ring (bicyclic) bond motifs is 10. The van der Waals surface area contributed by atoms with E-state index in [1.165, 1.54) is 66.1 Å². The Morgan fingerprint density at radius 3 is 1.94 bits per heavy atom. The summed E-state index contributed by atoms with van der Waals surface area (Å²) in [5.41, 5.74) is 15.4. The van der Waals surface area contributed by atoms with Gasteiger partial charge in [-0.25, -0.2) is 0 Å². The lowest BCUT2D eigenvalue weighted by atomic mass is 9.92. The topological polar surface area (TPSA) is 18.1 Å². The van der Waals surface area contributed by atoms with Gasteiger partial charge in [0.05, 0.1) is 11.0 Å². The van der Waals surface area contributed by atoms with Crippen LogP contribution in [0, 0.1) is 0 Å². The van der Waals surface area contributed by atoms with E-state index in [0.29, 0.717) is 0 Å². The first-order valence-electron chi connectivity index (χ1n) is 16.5. The summed E-state index contributed by atoms with van der Waals surface area (Å²) in [6.07, 6.45) is 0. The molecule has 0 radical (unpaired) electrons. The lowest BCUT2D eigenvalue weighted by Gasteiger charge is -2.12. The maximum absolute atomic E-state index is 6.59. The summed E-state index contributed by atoms with van der Waals surface area (Å²) < 4.78 is 8.95. The van der Waals surface area contributed by atoms with Crippen LogP contribution in [0.5, 0.6) is 0 Å². The Kier molecular flexibility index (Phi) is 5.14. The molecule has 0 fully saturated rings. The quantitative estimate of drug-likeness (QED) is 0.195. The zero-order valence-corrected chi connectivity index (χ0v) is 25.9. The summed E-state index contributed by atoms with van der Waals surface area (Å²) in [4.78, 5) is 0. The van der Waals surface area contributed by atoms with Gasteiger partial charge >= 0.3 is 0 Å². The molecule has 0 unspecified atom stereocenters. The fourth-order valence-corrected chi connectivity index (χ4v) is 8.23. The average molecular weight is 610 g/mol. The van der Waals surface area contributed by atoms with Crippen LogP contribution in [0.15, 0.2) is 168 Å². The smallest absolute Gasteiger partial charge is 0.160 e. The van der Waals surface area contributed by atoms with Gasteiger partial charge in [0.25, 0.3) is 0 Å². The van der Waals surface area contributed by atoms with Gasteiger partial charge in [0.2, 0.25) is 0 Å². The standard InChI is InChI=1S/C46H27NO/c1-2-12-31(13-3-1)47-42-25-20-29(27-41(42)39-23-24-40-35-16-6-7-19-43(35)48-46(40)45(39)47)28-10-8-11-30(26-28)32-21-22-38-34-15-5-4-14-33(34)37-18-9-17-36(32)44(37)38/h1-27H. The Bertz CT molecular complexity index is 2910. The van der Waals surface area contributed by atoms with E-state index in [1.54, 1.807) is 0 Å². The van der Waals surface area contributed by atoms with Gasteiger partial charge in [0.1, 0.15) is 5.58 Å². The van der Waals surface area contributed by atoms with Crippen molar-refractivity contribution in [3.63, 3.8) is 0 Å². The predicted octanol–water partition coefficient (Wildman–Crippen LogP) is 12.8. The van der Waals surface area contributed by atoms with Crippen LogP contribution in [0.1, 0.15) is 0 Å². The summed E-state index contributed by atoms with van der Waals surface area (Å²) in [7, 11) is 0. The van der Waals surface area contributed by atoms with Gasteiger partial charge in [0, 0.05) is 27.2 Å². The molecule has 11 rings (SSSR count). The van der Waals surface area contributed by atoms with Crippen molar-refractivity contribution in [3.8, 4) is 50.2 Å². The highest BCUT2D eigenvalue weighted by molar-refractivity contribution is 6.22. The molecule has 0 spiro atoms. The predicted molar refractivity (Wildman–Crippen MR) is 201 cm³/mol. The van der Waals surface area contributed by atoms with Crippen LogP contribution in [0.2, 0.25) is 0 Å². The number of benzene rings is 8. The SMILES string of the molecule is c1ccc(-n2c3ccc(-c4cccc(-c5ccc6c7c(cccc57)-c5ccccc5-6)c4)cc3c3ccc4c5ccccc5oc4c32)cc1. The number of hydrogen-bond acceptors (Lipinski definition) is 1. The molecule has 222 valence electrons. The van der Waals surface area contributed by atoms with E-state index in [1.807, 2.05) is 6.07 Å². The first kappa shape index (κ1) is 25.8. The second kappa shape index (κ2) is 9.57. The number of furan rings is 1. The van der Waals surface area contributed by atoms with Crippen LogP contribution in [-0.4, -0.2) is 4.57 Å². The molecule has 1 aliphatic carbocycles. The van der Waals surface area contributed by atoms with E-state index in [-0.39, 0.29) is 0 Å². The Morgan fingerprint density at radius 2 is 1.04 bits per heavy atom. The zero-order chi connectivity index (χ0) is 31.3. The van der Waals surface area contributed by atoms with E-state index in [2.05, 4.69) is 162 Å². The van der Waals surface area contributed by atoms with Crippen molar-refractivity contribution in [1.29, 1.82) is 0 Å². The molecule has 8 aromatic carbocycles. The van der Waals surface area contributed by atoms with Crippen LogP contribution in [0.25, 0.3) is 105 Å². The fourth-order valence-electron chi connectivity index (χ4n) is 8.23. The largest absolute Gasteiger partial charge is 0.454 e. The van der Waals surface area contributed by atoms with Crippen LogP contribution >= 0.6 is 0 Å². The molecule has 2 heterocycles. The van der Waals surface area contributed by atoms with E-state index in [9.17, 15) is 0 Å². The molecule has 2 aromatic heterocycles. The van der Waals surface area contributed by atoms with Crippen molar-refractivity contribution in [2.45, 2.75) is 0 Å². The molecule has 0 atom stereocenters. The van der Waals surface area contributed by atoms with Gasteiger partial charge in [-0.1, -0.05) is 121 Å². The minimum absolute atomic E-state index is 0.911. The molecule has 0 bridgehead atoms. The van der Waals surface area contributed by atoms with Crippen molar-refractivity contribution in [3.05, 3.63) is 164 Å². The first-order valence-corrected chi connectivity index (χ1v) is 16.5. The number of aromatic nitrogens is 1. The minimum atomic E-state index is 0.911. The second-order valence-corrected chi connectivity index (χ2v) is 12.9. The molecule has 0 saturated carbocycles. The monoisotopic (exact) mass is 609 g/mol. The highest BCUT2D eigenvalue weighted by atomic mass is 16.3. The number of rotatable bonds is 3. The first-order chi connectivity index (χ1) is 23.8. The minimum Gasteiger partial charge on any atom is -0.454 e. The summed E-state index contributed by atoms with van der Waals surface area (Å²) in [5.74, 6) is 0. The van der Waals surface area contributed by atoms with Gasteiger partial charge in [0.15, 0.2) is 5.58 Å². The maximum Gasteiger partial charge on any atom is 0.160 e. The fraction of sp³-hybridized carbons (Fsp3) is 0. The third-order valence-corrected chi connectivity index (χ3v) is 10.3. The number of hydrogen-bond donors (Lipinski definition) is 0. The lowest BCUT2D eigenvalue weighted by Crippen LogP contribution is -1.93. The second-order valence-electron chi connectivity index (χ2n) is 12.9. The molecule has 48 heavy (non-hydrogen) atoms. The van der Waals surface area contributed by atoms with Gasteiger partial charge in [-0.2, -0.15) is 0 Å². The summed E-state index contributed by atoms with van der Waals surface area (Å²) in [6.45, 7) is 0. The molecular formula is C46H27NO. The van der Waals surface area contributed by atoms with E-state index in [0.717, 1.165) is 38.7 Å². The van der Waals surface area contributed by atoms with E-state index in [4.69, 9.17) is 4.42 Å². The molecule has 2 nitrogen and oxygen atoms in total. The molecule has 0 N–H and O–H groups in total. The summed E-state index contributed by atoms with van der Waals surface area (Å²) >= 11 is 0. The van der Waals surface area contributed by atoms with Crippen LogP contribution in [0.3, 0.4) is 0 Å². The average Bonchev–Trinajstić information content (AvgIpc) is 3.81. The molecule has 1 aliphatic rings. The van der Waals surface area contributed by atoms with Crippen molar-refractivity contribution in [2.24, 2.45) is 0 Å². The normalized spacial score (nSPS) is 12.2. The number of para-hydroxylation sites is 2. The van der Waals surface area contributed by atoms with Crippen molar-refractivity contribution in [2.75, 3.05) is 0 Å². The van der Waals surface area contributed by atoms with Gasteiger partial charge in [-0.3, -0.25) is 0 Å². The third-order valence-electron chi connectivity index (χ3n) is 10.3. The Morgan fingerprint density at radius 1 is 0.375 bits per heavy atom.